The van der Waals surface area contributed by atoms with Gasteiger partial charge in [0.15, 0.2) is 0 Å². The molecule has 0 aromatic heterocycles. The predicted octanol–water partition coefficient (Wildman–Crippen LogP) is 2.87. The molecule has 0 spiro atoms. The first-order valence-corrected chi connectivity index (χ1v) is 8.90. The first-order chi connectivity index (χ1) is 14.0. The van der Waals surface area contributed by atoms with Gasteiger partial charge in [-0.1, -0.05) is 60.7 Å². The molecule has 0 aliphatic rings. The lowest BCUT2D eigenvalue weighted by atomic mass is 10.1. The summed E-state index contributed by atoms with van der Waals surface area (Å²) in [5.41, 5.74) is 10.1. The molecule has 0 unspecified atom stereocenters. The Balaban J connectivity index is 1.91. The van der Waals surface area contributed by atoms with Gasteiger partial charge in [0, 0.05) is 4.91 Å². The van der Waals surface area contributed by atoms with Crippen LogP contribution >= 0.6 is 0 Å². The van der Waals surface area contributed by atoms with Gasteiger partial charge in [0.05, 0.1) is 6.04 Å². The van der Waals surface area contributed by atoms with Crippen LogP contribution in [0.3, 0.4) is 0 Å². The smallest absolute Gasteiger partial charge is 0.408 e. The molecular weight excluding hydrogens is 374 g/mol. The van der Waals surface area contributed by atoms with Crippen molar-refractivity contribution in [3.63, 3.8) is 0 Å². The molecule has 2 aromatic carbocycles. The van der Waals surface area contributed by atoms with E-state index in [-0.39, 0.29) is 13.0 Å². The Hall–Kier alpha value is -3.84. The van der Waals surface area contributed by atoms with E-state index in [1.165, 1.54) is 6.92 Å². The zero-order valence-corrected chi connectivity index (χ0v) is 15.8. The lowest BCUT2D eigenvalue weighted by Gasteiger charge is -2.19. The SMILES string of the molecule is C[C@H](NC(=O)OCc1ccccc1)C(=O)N[C@@H](Cc1ccccc1)C(=O)N=[N+]=[N-]. The van der Waals surface area contributed by atoms with Crippen LogP contribution in [0.2, 0.25) is 0 Å². The lowest BCUT2D eigenvalue weighted by molar-refractivity contribution is -0.128. The Morgan fingerprint density at radius 3 is 2.17 bits per heavy atom. The topological polar surface area (TPSA) is 133 Å². The van der Waals surface area contributed by atoms with Crippen LogP contribution in [-0.2, 0) is 27.4 Å². The van der Waals surface area contributed by atoms with E-state index in [1.54, 1.807) is 36.4 Å². The fourth-order valence-corrected chi connectivity index (χ4v) is 2.47. The summed E-state index contributed by atoms with van der Waals surface area (Å²) >= 11 is 0. The number of benzene rings is 2. The molecule has 2 aromatic rings. The summed E-state index contributed by atoms with van der Waals surface area (Å²) in [6, 6.07) is 16.0. The van der Waals surface area contributed by atoms with E-state index in [2.05, 4.69) is 20.7 Å². The summed E-state index contributed by atoms with van der Waals surface area (Å²) in [5.74, 6) is -1.42. The van der Waals surface area contributed by atoms with Gasteiger partial charge in [-0.25, -0.2) is 4.79 Å². The van der Waals surface area contributed by atoms with E-state index in [0.717, 1.165) is 11.1 Å². The highest BCUT2D eigenvalue weighted by Gasteiger charge is 2.24. The van der Waals surface area contributed by atoms with E-state index in [0.29, 0.717) is 0 Å². The van der Waals surface area contributed by atoms with E-state index in [9.17, 15) is 14.4 Å². The summed E-state index contributed by atoms with van der Waals surface area (Å²) in [5, 5.41) is 7.98. The van der Waals surface area contributed by atoms with Crippen molar-refractivity contribution in [3.05, 3.63) is 82.2 Å². The van der Waals surface area contributed by atoms with Crippen LogP contribution in [0.4, 0.5) is 4.79 Å². The minimum atomic E-state index is -1.05. The number of rotatable bonds is 8. The molecule has 0 saturated heterocycles. The number of nitrogens with one attached hydrogen (secondary N) is 2. The largest absolute Gasteiger partial charge is 0.445 e. The second-order valence-electron chi connectivity index (χ2n) is 6.21. The number of hydrogen-bond donors (Lipinski definition) is 2. The number of nitrogens with zero attached hydrogens (tertiary/aromatic N) is 3. The Labute approximate surface area is 167 Å². The normalized spacial score (nSPS) is 12.0. The molecule has 2 rings (SSSR count). The van der Waals surface area contributed by atoms with Crippen LogP contribution in [0.25, 0.3) is 10.4 Å². The van der Waals surface area contributed by atoms with Crippen LogP contribution in [0.5, 0.6) is 0 Å². The average molecular weight is 395 g/mol. The number of carbonyl (C=O) groups excluding carboxylic acids is 3. The van der Waals surface area contributed by atoms with E-state index in [1.807, 2.05) is 24.3 Å². The molecule has 9 nitrogen and oxygen atoms in total. The first kappa shape index (κ1) is 21.5. The number of carbonyl (C=O) groups is 3. The van der Waals surface area contributed by atoms with Gasteiger partial charge in [-0.3, -0.25) is 9.59 Å². The van der Waals surface area contributed by atoms with Gasteiger partial charge in [0.1, 0.15) is 12.6 Å². The van der Waals surface area contributed by atoms with Crippen LogP contribution < -0.4 is 10.6 Å². The molecule has 0 radical (unpaired) electrons. The zero-order valence-electron chi connectivity index (χ0n) is 15.8. The minimum Gasteiger partial charge on any atom is -0.445 e. The molecule has 0 fully saturated rings. The van der Waals surface area contributed by atoms with Crippen molar-refractivity contribution in [1.29, 1.82) is 0 Å². The van der Waals surface area contributed by atoms with Crippen molar-refractivity contribution < 1.29 is 19.1 Å². The van der Waals surface area contributed by atoms with Crippen LogP contribution in [0.15, 0.2) is 65.8 Å². The fraction of sp³-hybridized carbons (Fsp3) is 0.250. The second-order valence-corrected chi connectivity index (χ2v) is 6.21. The molecule has 2 N–H and O–H groups in total. The Kier molecular flexibility index (Phi) is 8.22. The fourth-order valence-electron chi connectivity index (χ4n) is 2.47. The third-order valence-electron chi connectivity index (χ3n) is 3.98. The Bertz CT molecular complexity index is 882. The van der Waals surface area contributed by atoms with Crippen molar-refractivity contribution >= 4 is 17.9 Å². The number of azide groups is 1. The van der Waals surface area contributed by atoms with Crippen molar-refractivity contribution in [2.75, 3.05) is 0 Å². The summed E-state index contributed by atoms with van der Waals surface area (Å²) in [6.07, 6.45) is -0.618. The highest BCUT2D eigenvalue weighted by atomic mass is 16.5. The number of amides is 3. The highest BCUT2D eigenvalue weighted by molar-refractivity contribution is 5.91. The van der Waals surface area contributed by atoms with Crippen molar-refractivity contribution in [2.45, 2.75) is 32.0 Å². The highest BCUT2D eigenvalue weighted by Crippen LogP contribution is 2.06. The molecule has 0 aliphatic carbocycles. The van der Waals surface area contributed by atoms with Gasteiger partial charge in [-0.05, 0) is 35.1 Å². The van der Waals surface area contributed by atoms with Gasteiger partial charge in [0.2, 0.25) is 11.8 Å². The van der Waals surface area contributed by atoms with Crippen molar-refractivity contribution in [1.82, 2.24) is 10.6 Å². The molecular formula is C20H21N5O4. The summed E-state index contributed by atoms with van der Waals surface area (Å²) < 4.78 is 5.07. The van der Waals surface area contributed by atoms with Gasteiger partial charge in [-0.2, -0.15) is 0 Å². The predicted molar refractivity (Wildman–Crippen MR) is 105 cm³/mol. The molecule has 0 aliphatic heterocycles. The quantitative estimate of drug-likeness (QED) is 0.404. The zero-order chi connectivity index (χ0) is 21.1. The van der Waals surface area contributed by atoms with Gasteiger partial charge in [-0.15, -0.1) is 0 Å². The standard InChI is InChI=1S/C20H21N5O4/c1-14(22-20(28)29-13-16-10-6-3-7-11-16)18(26)23-17(19(27)24-25-21)12-15-8-4-2-5-9-15/h2-11,14,17H,12-13H2,1H3,(H,22,28)(H,23,26)/t14-,17-/m0/s1. The van der Waals surface area contributed by atoms with E-state index < -0.39 is 30.0 Å². The maximum Gasteiger partial charge on any atom is 0.408 e. The average Bonchev–Trinajstić information content (AvgIpc) is 2.73. The van der Waals surface area contributed by atoms with E-state index >= 15 is 0 Å². The van der Waals surface area contributed by atoms with Crippen LogP contribution in [0, 0.1) is 0 Å². The lowest BCUT2D eigenvalue weighted by Crippen LogP contribution is -2.50. The third kappa shape index (κ3) is 7.36. The van der Waals surface area contributed by atoms with Gasteiger partial charge >= 0.3 is 6.09 Å². The number of hydrogen-bond acceptors (Lipinski definition) is 4. The second kappa shape index (κ2) is 11.1. The molecule has 0 saturated carbocycles. The first-order valence-electron chi connectivity index (χ1n) is 8.90. The molecule has 0 heterocycles. The molecule has 0 bridgehead atoms. The summed E-state index contributed by atoms with van der Waals surface area (Å²) in [6.45, 7) is 1.52. The molecule has 29 heavy (non-hydrogen) atoms. The minimum absolute atomic E-state index is 0.0625. The van der Waals surface area contributed by atoms with E-state index in [4.69, 9.17) is 10.3 Å². The molecule has 9 heteroatoms. The van der Waals surface area contributed by atoms with Gasteiger partial charge in [0.25, 0.3) is 0 Å². The Morgan fingerprint density at radius 1 is 1.00 bits per heavy atom. The van der Waals surface area contributed by atoms with Gasteiger partial charge < -0.3 is 15.4 Å². The third-order valence-corrected chi connectivity index (χ3v) is 3.98. The number of alkyl carbamates (subject to hydrolysis) is 1. The maximum atomic E-state index is 12.4. The van der Waals surface area contributed by atoms with Crippen molar-refractivity contribution in [2.24, 2.45) is 5.11 Å². The van der Waals surface area contributed by atoms with Crippen LogP contribution in [0.1, 0.15) is 18.1 Å². The molecule has 150 valence electrons. The number of ether oxygens (including phenoxy) is 1. The summed E-state index contributed by atoms with van der Waals surface area (Å²) in [7, 11) is 0. The monoisotopic (exact) mass is 395 g/mol. The van der Waals surface area contributed by atoms with Crippen LogP contribution in [-0.4, -0.2) is 30.0 Å². The Morgan fingerprint density at radius 2 is 1.59 bits per heavy atom. The maximum absolute atomic E-state index is 12.4. The summed E-state index contributed by atoms with van der Waals surface area (Å²) in [4.78, 5) is 38.8. The molecule has 3 amide bonds. The molecule has 2 atom stereocenters. The van der Waals surface area contributed by atoms with Crippen molar-refractivity contribution in [3.8, 4) is 0 Å².